The normalized spacial score (nSPS) is 13.0. The average molecular weight is 913 g/mol. The first-order valence-electron chi connectivity index (χ1n) is 28.4. The van der Waals surface area contributed by atoms with Crippen LogP contribution in [0.2, 0.25) is 0 Å². The Kier molecular flexibility index (Phi) is 52.6. The van der Waals surface area contributed by atoms with Crippen LogP contribution in [0.15, 0.2) is 48.6 Å². The summed E-state index contributed by atoms with van der Waals surface area (Å²) in [5, 5.41) is 23.1. The quantitative estimate of drug-likeness (QED) is 0.0321. The number of allylic oxidation sites excluding steroid dienone is 7. The van der Waals surface area contributed by atoms with E-state index >= 15 is 0 Å². The first-order chi connectivity index (χ1) is 32.0. The highest BCUT2D eigenvalue weighted by atomic mass is 16.5. The van der Waals surface area contributed by atoms with Crippen molar-refractivity contribution in [2.75, 3.05) is 13.2 Å². The second kappa shape index (κ2) is 54.4. The fraction of sp³-hybridized carbons (Fsp3) is 0.831. The van der Waals surface area contributed by atoms with E-state index in [1.807, 2.05) is 12.2 Å². The molecule has 0 heterocycles. The van der Waals surface area contributed by atoms with Crippen molar-refractivity contribution in [1.29, 1.82) is 0 Å². The molecular formula is C59H109NO5. The minimum Gasteiger partial charge on any atom is -0.466 e. The maximum absolute atomic E-state index is 12.4. The molecule has 0 spiro atoms. The van der Waals surface area contributed by atoms with Gasteiger partial charge in [-0.3, -0.25) is 9.59 Å². The molecule has 0 saturated carbocycles. The van der Waals surface area contributed by atoms with E-state index < -0.39 is 12.1 Å². The monoisotopic (exact) mass is 912 g/mol. The van der Waals surface area contributed by atoms with Gasteiger partial charge in [0.05, 0.1) is 25.4 Å². The SMILES string of the molecule is CCCCCCCCC/C=C\CCCCCCCC(=O)OCCCCCCCC/C=C\C/C=C\CCC(=O)NC(CO)C(O)/C=C/CCCCCCCCCCCCCCCCCCC. The maximum Gasteiger partial charge on any atom is 0.305 e. The van der Waals surface area contributed by atoms with Crippen LogP contribution in [0.3, 0.4) is 0 Å². The molecule has 0 aliphatic carbocycles. The van der Waals surface area contributed by atoms with Gasteiger partial charge in [0.25, 0.3) is 0 Å². The lowest BCUT2D eigenvalue weighted by Gasteiger charge is -2.19. The van der Waals surface area contributed by atoms with Gasteiger partial charge in [0.15, 0.2) is 0 Å². The van der Waals surface area contributed by atoms with Gasteiger partial charge >= 0.3 is 5.97 Å². The van der Waals surface area contributed by atoms with E-state index in [-0.39, 0.29) is 18.5 Å². The molecule has 3 N–H and O–H groups in total. The third kappa shape index (κ3) is 51.1. The Balaban J connectivity index is 3.58. The summed E-state index contributed by atoms with van der Waals surface area (Å²) in [4.78, 5) is 24.5. The van der Waals surface area contributed by atoms with Gasteiger partial charge in [-0.25, -0.2) is 0 Å². The molecule has 1 amide bonds. The first-order valence-corrected chi connectivity index (χ1v) is 28.4. The summed E-state index contributed by atoms with van der Waals surface area (Å²) in [6, 6.07) is -0.673. The predicted octanol–water partition coefficient (Wildman–Crippen LogP) is 17.4. The summed E-state index contributed by atoms with van der Waals surface area (Å²) in [6.07, 6.45) is 68.5. The topological polar surface area (TPSA) is 95.9 Å². The highest BCUT2D eigenvalue weighted by molar-refractivity contribution is 5.76. The van der Waals surface area contributed by atoms with Crippen molar-refractivity contribution in [3.63, 3.8) is 0 Å². The summed E-state index contributed by atoms with van der Waals surface area (Å²) < 4.78 is 5.46. The fourth-order valence-corrected chi connectivity index (χ4v) is 8.44. The standard InChI is InChI=1S/C59H109NO5/c1-3-5-7-9-11-13-15-17-19-21-22-23-24-27-31-35-39-43-47-51-57(62)56(55-61)60-58(63)52-48-44-40-36-32-28-26-30-34-38-42-46-50-54-65-59(64)53-49-45-41-37-33-29-25-20-18-16-14-12-10-8-6-4-2/h20,25,28,32,40,44,47,51,56-57,61-62H,3-19,21-24,26-27,29-31,33-39,41-43,45-46,48-50,52-55H2,1-2H3,(H,60,63)/b25-20-,32-28-,44-40-,51-47+. The van der Waals surface area contributed by atoms with Crippen LogP contribution >= 0.6 is 0 Å². The second-order valence-corrected chi connectivity index (χ2v) is 19.3. The van der Waals surface area contributed by atoms with Crippen LogP contribution in [0, 0.1) is 0 Å². The van der Waals surface area contributed by atoms with Crippen LogP contribution in [-0.2, 0) is 14.3 Å². The number of hydrogen-bond acceptors (Lipinski definition) is 5. The van der Waals surface area contributed by atoms with Crippen LogP contribution in [0.4, 0.5) is 0 Å². The molecule has 2 atom stereocenters. The van der Waals surface area contributed by atoms with Gasteiger partial charge in [0, 0.05) is 12.8 Å². The van der Waals surface area contributed by atoms with Crippen molar-refractivity contribution in [3.8, 4) is 0 Å². The van der Waals surface area contributed by atoms with Crippen LogP contribution in [0.1, 0.15) is 290 Å². The van der Waals surface area contributed by atoms with Crippen LogP contribution < -0.4 is 5.32 Å². The molecule has 0 radical (unpaired) electrons. The Bertz CT molecular complexity index is 1100. The number of aliphatic hydroxyl groups excluding tert-OH is 2. The molecule has 380 valence electrons. The second-order valence-electron chi connectivity index (χ2n) is 19.3. The van der Waals surface area contributed by atoms with Crippen LogP contribution in [0.5, 0.6) is 0 Å². The van der Waals surface area contributed by atoms with Gasteiger partial charge in [-0.15, -0.1) is 0 Å². The Morgan fingerprint density at radius 1 is 0.431 bits per heavy atom. The number of ether oxygens (including phenoxy) is 1. The van der Waals surface area contributed by atoms with E-state index in [4.69, 9.17) is 4.74 Å². The zero-order chi connectivity index (χ0) is 47.2. The van der Waals surface area contributed by atoms with Crippen molar-refractivity contribution in [1.82, 2.24) is 5.32 Å². The van der Waals surface area contributed by atoms with Gasteiger partial charge in [-0.05, 0) is 77.0 Å². The highest BCUT2D eigenvalue weighted by Crippen LogP contribution is 2.16. The first kappa shape index (κ1) is 62.8. The average Bonchev–Trinajstić information content (AvgIpc) is 3.31. The molecule has 6 heteroatoms. The number of nitrogens with one attached hydrogen (secondary N) is 1. The van der Waals surface area contributed by atoms with Crippen LogP contribution in [0.25, 0.3) is 0 Å². The highest BCUT2D eigenvalue weighted by Gasteiger charge is 2.17. The third-order valence-electron chi connectivity index (χ3n) is 12.8. The lowest BCUT2D eigenvalue weighted by molar-refractivity contribution is -0.143. The molecule has 2 unspecified atom stereocenters. The molecule has 65 heavy (non-hydrogen) atoms. The lowest BCUT2D eigenvalue weighted by Crippen LogP contribution is -2.45. The molecule has 0 fully saturated rings. The third-order valence-corrected chi connectivity index (χ3v) is 12.8. The molecular weight excluding hydrogens is 803 g/mol. The van der Waals surface area contributed by atoms with Crippen molar-refractivity contribution in [3.05, 3.63) is 48.6 Å². The van der Waals surface area contributed by atoms with Gasteiger partial charge in [-0.2, -0.15) is 0 Å². The summed E-state index contributed by atoms with van der Waals surface area (Å²) >= 11 is 0. The number of carbonyl (C=O) groups is 2. The zero-order valence-corrected chi connectivity index (χ0v) is 43.2. The van der Waals surface area contributed by atoms with E-state index in [9.17, 15) is 19.8 Å². The van der Waals surface area contributed by atoms with E-state index in [1.54, 1.807) is 6.08 Å². The molecule has 0 aliphatic heterocycles. The van der Waals surface area contributed by atoms with Crippen LogP contribution in [-0.4, -0.2) is 47.4 Å². The Morgan fingerprint density at radius 2 is 0.785 bits per heavy atom. The van der Waals surface area contributed by atoms with Crippen molar-refractivity contribution >= 4 is 11.9 Å². The van der Waals surface area contributed by atoms with Gasteiger partial charge in [0.1, 0.15) is 0 Å². The Morgan fingerprint density at radius 3 is 1.22 bits per heavy atom. The molecule has 0 rings (SSSR count). The minimum absolute atomic E-state index is 0.0261. The molecule has 0 aromatic rings. The maximum atomic E-state index is 12.4. The predicted molar refractivity (Wildman–Crippen MR) is 282 cm³/mol. The molecule has 6 nitrogen and oxygen atoms in total. The van der Waals surface area contributed by atoms with E-state index in [1.165, 1.54) is 205 Å². The Labute approximate surface area is 404 Å². The zero-order valence-electron chi connectivity index (χ0n) is 43.2. The van der Waals surface area contributed by atoms with Crippen molar-refractivity contribution in [2.24, 2.45) is 0 Å². The van der Waals surface area contributed by atoms with Gasteiger partial charge in [-0.1, -0.05) is 249 Å². The van der Waals surface area contributed by atoms with Gasteiger partial charge < -0.3 is 20.3 Å². The number of carbonyl (C=O) groups excluding carboxylic acids is 2. The van der Waals surface area contributed by atoms with Crippen molar-refractivity contribution < 1.29 is 24.5 Å². The van der Waals surface area contributed by atoms with E-state index in [2.05, 4.69) is 49.5 Å². The molecule has 0 bridgehead atoms. The number of esters is 1. The fourth-order valence-electron chi connectivity index (χ4n) is 8.44. The number of rotatable bonds is 52. The molecule has 0 aromatic heterocycles. The largest absolute Gasteiger partial charge is 0.466 e. The summed E-state index contributed by atoms with van der Waals surface area (Å²) in [5.74, 6) is -0.174. The smallest absolute Gasteiger partial charge is 0.305 e. The number of hydrogen-bond donors (Lipinski definition) is 3. The summed E-state index contributed by atoms with van der Waals surface area (Å²) in [6.45, 7) is 4.84. The van der Waals surface area contributed by atoms with Crippen molar-refractivity contribution in [2.45, 2.75) is 302 Å². The number of aliphatic hydroxyl groups is 2. The number of unbranched alkanes of at least 4 members (excludes halogenated alkanes) is 35. The summed E-state index contributed by atoms with van der Waals surface area (Å²) in [5.41, 5.74) is 0. The summed E-state index contributed by atoms with van der Waals surface area (Å²) in [7, 11) is 0. The lowest BCUT2D eigenvalue weighted by atomic mass is 10.0. The molecule has 0 saturated heterocycles. The number of amides is 1. The molecule has 0 aliphatic rings. The van der Waals surface area contributed by atoms with Gasteiger partial charge in [0.2, 0.25) is 5.91 Å². The van der Waals surface area contributed by atoms with E-state index in [0.29, 0.717) is 25.9 Å². The minimum atomic E-state index is -0.881. The Hall–Kier alpha value is -2.18. The molecule has 0 aromatic carbocycles. The van der Waals surface area contributed by atoms with E-state index in [0.717, 1.165) is 51.4 Å².